The summed E-state index contributed by atoms with van der Waals surface area (Å²) < 4.78 is 1.14. The van der Waals surface area contributed by atoms with E-state index in [0.29, 0.717) is 0 Å². The fourth-order valence-corrected chi connectivity index (χ4v) is 1.61. The van der Waals surface area contributed by atoms with Gasteiger partial charge in [-0.25, -0.2) is 0 Å². The van der Waals surface area contributed by atoms with Gasteiger partial charge in [0.25, 0.3) is 0 Å². The van der Waals surface area contributed by atoms with E-state index in [9.17, 15) is 5.11 Å². The third kappa shape index (κ3) is 5.24. The van der Waals surface area contributed by atoms with Gasteiger partial charge >= 0.3 is 0 Å². The zero-order valence-electron chi connectivity index (χ0n) is 9.45. The molecule has 0 aromatic carbocycles. The van der Waals surface area contributed by atoms with Crippen molar-refractivity contribution in [2.45, 2.75) is 40.2 Å². The average molecular weight is 191 g/mol. The van der Waals surface area contributed by atoms with Gasteiger partial charge in [0.05, 0.1) is 32.3 Å². The molecule has 0 heterocycles. The molecule has 1 atom stereocenters. The number of aliphatic hydroxyl groups is 1. The summed E-state index contributed by atoms with van der Waals surface area (Å²) in [6, 6.07) is 0. The Morgan fingerprint density at radius 1 is 1.08 bits per heavy atom. The molecule has 0 spiro atoms. The van der Waals surface area contributed by atoms with E-state index in [0.717, 1.165) is 17.4 Å². The van der Waals surface area contributed by atoms with Crippen LogP contribution in [-0.2, 0) is 0 Å². The van der Waals surface area contributed by atoms with Crippen molar-refractivity contribution in [2.75, 3.05) is 26.2 Å². The minimum absolute atomic E-state index is 0. The number of rotatable bonds is 6. The molecule has 82 valence electrons. The normalized spacial score (nSPS) is 13.6. The monoisotopic (exact) mass is 191 g/mol. The smallest absolute Gasteiger partial charge is 0.0811 e. The Bertz CT molecular complexity index is 103. The van der Waals surface area contributed by atoms with Gasteiger partial charge in [0.1, 0.15) is 0 Å². The Kier molecular flexibility index (Phi) is 8.62. The Balaban J connectivity index is 0. The second-order valence-electron chi connectivity index (χ2n) is 3.65. The first-order valence-electron chi connectivity index (χ1n) is 5.13. The zero-order chi connectivity index (χ0) is 9.61. The quantitative estimate of drug-likeness (QED) is 0.646. The van der Waals surface area contributed by atoms with Crippen molar-refractivity contribution in [1.29, 1.82) is 0 Å². The maximum Gasteiger partial charge on any atom is 0.0811 e. The van der Waals surface area contributed by atoms with Crippen molar-refractivity contribution in [3.8, 4) is 0 Å². The highest BCUT2D eigenvalue weighted by Crippen LogP contribution is 2.08. The van der Waals surface area contributed by atoms with E-state index >= 15 is 0 Å². The lowest BCUT2D eigenvalue weighted by Crippen LogP contribution is -2.48. The molecule has 0 rings (SSSR count). The molecule has 0 aromatic rings. The van der Waals surface area contributed by atoms with E-state index in [1.807, 2.05) is 6.92 Å². The molecule has 0 amide bonds. The van der Waals surface area contributed by atoms with Crippen molar-refractivity contribution >= 4 is 0 Å². The van der Waals surface area contributed by atoms with E-state index in [-0.39, 0.29) is 11.6 Å². The van der Waals surface area contributed by atoms with Crippen molar-refractivity contribution < 1.29 is 15.1 Å². The van der Waals surface area contributed by atoms with Crippen LogP contribution in [0.2, 0.25) is 0 Å². The lowest BCUT2D eigenvalue weighted by atomic mass is 10.2. The second kappa shape index (κ2) is 7.30. The van der Waals surface area contributed by atoms with Crippen LogP contribution in [0.4, 0.5) is 0 Å². The van der Waals surface area contributed by atoms with E-state index in [1.54, 1.807) is 0 Å². The van der Waals surface area contributed by atoms with Gasteiger partial charge in [-0.15, -0.1) is 0 Å². The molecule has 0 saturated heterocycles. The van der Waals surface area contributed by atoms with Gasteiger partial charge in [-0.3, -0.25) is 0 Å². The SMILES string of the molecule is CC[N+](CC)(CC)CCC(C)O.[OH-]. The number of hydrogen-bond donors (Lipinski definition) is 1. The number of aliphatic hydroxyl groups excluding tert-OH is 1. The molecule has 3 nitrogen and oxygen atoms in total. The van der Waals surface area contributed by atoms with Crippen molar-refractivity contribution in [2.24, 2.45) is 0 Å². The van der Waals surface area contributed by atoms with E-state index in [2.05, 4.69) is 20.8 Å². The summed E-state index contributed by atoms with van der Waals surface area (Å²) in [5, 5.41) is 9.19. The summed E-state index contributed by atoms with van der Waals surface area (Å²) in [6.45, 7) is 13.2. The van der Waals surface area contributed by atoms with Crippen LogP contribution in [-0.4, -0.2) is 47.3 Å². The lowest BCUT2D eigenvalue weighted by molar-refractivity contribution is -0.923. The maximum atomic E-state index is 9.19. The van der Waals surface area contributed by atoms with Gasteiger partial charge in [-0.1, -0.05) is 0 Å². The van der Waals surface area contributed by atoms with E-state index in [4.69, 9.17) is 0 Å². The zero-order valence-corrected chi connectivity index (χ0v) is 9.45. The van der Waals surface area contributed by atoms with E-state index < -0.39 is 0 Å². The highest BCUT2D eigenvalue weighted by molar-refractivity contribution is 4.47. The minimum atomic E-state index is -0.146. The molecule has 0 aliphatic rings. The molecular weight excluding hydrogens is 166 g/mol. The molecular formula is C10H25NO2. The fourth-order valence-electron chi connectivity index (χ4n) is 1.61. The highest BCUT2D eigenvalue weighted by atomic mass is 16.3. The lowest BCUT2D eigenvalue weighted by Gasteiger charge is -2.36. The predicted octanol–water partition coefficient (Wildman–Crippen LogP) is 1.46. The van der Waals surface area contributed by atoms with Crippen LogP contribution < -0.4 is 0 Å². The molecule has 13 heavy (non-hydrogen) atoms. The number of nitrogens with zero attached hydrogens (tertiary/aromatic N) is 1. The van der Waals surface area contributed by atoms with Crippen LogP contribution in [0.25, 0.3) is 0 Å². The van der Waals surface area contributed by atoms with Crippen molar-refractivity contribution in [3.05, 3.63) is 0 Å². The molecule has 0 aliphatic carbocycles. The van der Waals surface area contributed by atoms with Crippen LogP contribution in [0.3, 0.4) is 0 Å². The first-order chi connectivity index (χ1) is 5.60. The van der Waals surface area contributed by atoms with E-state index in [1.165, 1.54) is 19.6 Å². The number of hydrogen-bond acceptors (Lipinski definition) is 2. The Labute approximate surface area is 82.3 Å². The molecule has 0 radical (unpaired) electrons. The molecule has 0 aromatic heterocycles. The predicted molar refractivity (Wildman–Crippen MR) is 55.0 cm³/mol. The highest BCUT2D eigenvalue weighted by Gasteiger charge is 2.20. The van der Waals surface area contributed by atoms with Gasteiger partial charge in [0.2, 0.25) is 0 Å². The molecule has 0 fully saturated rings. The Morgan fingerprint density at radius 2 is 1.46 bits per heavy atom. The second-order valence-corrected chi connectivity index (χ2v) is 3.65. The van der Waals surface area contributed by atoms with Gasteiger partial charge < -0.3 is 15.1 Å². The summed E-state index contributed by atoms with van der Waals surface area (Å²) in [7, 11) is 0. The van der Waals surface area contributed by atoms with Crippen LogP contribution in [0.15, 0.2) is 0 Å². The minimum Gasteiger partial charge on any atom is -0.870 e. The average Bonchev–Trinajstić information content (AvgIpc) is 2.08. The third-order valence-electron chi connectivity index (χ3n) is 3.03. The van der Waals surface area contributed by atoms with Crippen molar-refractivity contribution in [1.82, 2.24) is 0 Å². The van der Waals surface area contributed by atoms with Gasteiger partial charge in [-0.2, -0.15) is 0 Å². The standard InChI is InChI=1S/C10H24NO.H2O/c1-5-11(6-2,7-3)9-8-10(4)12;/h10,12H,5-9H2,1-4H3;1H2/q+1;/p-1. The molecule has 2 N–H and O–H groups in total. The van der Waals surface area contributed by atoms with Gasteiger partial charge in [-0.05, 0) is 27.7 Å². The number of quaternary nitrogens is 1. The topological polar surface area (TPSA) is 50.2 Å². The van der Waals surface area contributed by atoms with Crippen LogP contribution in [0.1, 0.15) is 34.1 Å². The molecule has 0 aliphatic heterocycles. The fraction of sp³-hybridized carbons (Fsp3) is 1.00. The Morgan fingerprint density at radius 3 is 1.69 bits per heavy atom. The molecule has 0 bridgehead atoms. The third-order valence-corrected chi connectivity index (χ3v) is 3.03. The molecule has 0 saturated carbocycles. The van der Waals surface area contributed by atoms with Gasteiger partial charge in [0.15, 0.2) is 0 Å². The Hall–Kier alpha value is -0.120. The summed E-state index contributed by atoms with van der Waals surface area (Å²) in [5.74, 6) is 0. The van der Waals surface area contributed by atoms with Crippen LogP contribution in [0.5, 0.6) is 0 Å². The van der Waals surface area contributed by atoms with Crippen molar-refractivity contribution in [3.63, 3.8) is 0 Å². The summed E-state index contributed by atoms with van der Waals surface area (Å²) in [4.78, 5) is 0. The molecule has 3 heteroatoms. The summed E-state index contributed by atoms with van der Waals surface area (Å²) >= 11 is 0. The first kappa shape index (κ1) is 15.4. The van der Waals surface area contributed by atoms with Crippen LogP contribution in [0, 0.1) is 0 Å². The summed E-state index contributed by atoms with van der Waals surface area (Å²) in [6.07, 6.45) is 0.780. The van der Waals surface area contributed by atoms with Gasteiger partial charge in [0, 0.05) is 6.42 Å². The summed E-state index contributed by atoms with van der Waals surface area (Å²) in [5.41, 5.74) is 0. The first-order valence-corrected chi connectivity index (χ1v) is 5.13. The maximum absolute atomic E-state index is 9.19. The largest absolute Gasteiger partial charge is 0.870 e. The van der Waals surface area contributed by atoms with Crippen LogP contribution >= 0.6 is 0 Å². The molecule has 1 unspecified atom stereocenters.